The van der Waals surface area contributed by atoms with Crippen molar-refractivity contribution in [1.82, 2.24) is 15.2 Å². The summed E-state index contributed by atoms with van der Waals surface area (Å²) in [5, 5.41) is 15.9. The Morgan fingerprint density at radius 1 is 1.07 bits per heavy atom. The lowest BCUT2D eigenvalue weighted by Crippen LogP contribution is -2.40. The average molecular weight is 399 g/mol. The van der Waals surface area contributed by atoms with Gasteiger partial charge in [-0.3, -0.25) is 4.79 Å². The standard InChI is InChI=1S/C23H34N4O2/c1-3-7-19(13-15-28)16-25-23(24-4-2)26-17-20-9-11-21(12-10-20)18-27-14-6-5-8-22(27)29/h5-6,8-12,14,19,28H,3-4,7,13,15-18H2,1-2H3,(H2,24,25,26). The molecule has 1 aromatic heterocycles. The van der Waals surface area contributed by atoms with Gasteiger partial charge in [-0.2, -0.15) is 0 Å². The summed E-state index contributed by atoms with van der Waals surface area (Å²) < 4.78 is 1.69. The summed E-state index contributed by atoms with van der Waals surface area (Å²) >= 11 is 0. The van der Waals surface area contributed by atoms with E-state index in [4.69, 9.17) is 0 Å². The number of guanidine groups is 1. The highest BCUT2D eigenvalue weighted by molar-refractivity contribution is 5.79. The van der Waals surface area contributed by atoms with E-state index < -0.39 is 0 Å². The van der Waals surface area contributed by atoms with Crippen LogP contribution in [0.3, 0.4) is 0 Å². The van der Waals surface area contributed by atoms with Gasteiger partial charge in [-0.25, -0.2) is 4.99 Å². The van der Waals surface area contributed by atoms with Crippen LogP contribution in [0, 0.1) is 5.92 Å². The van der Waals surface area contributed by atoms with Crippen LogP contribution in [0.2, 0.25) is 0 Å². The summed E-state index contributed by atoms with van der Waals surface area (Å²) in [5.74, 6) is 1.25. The molecule has 2 rings (SSSR count). The number of nitrogens with one attached hydrogen (secondary N) is 2. The number of rotatable bonds is 11. The van der Waals surface area contributed by atoms with Crippen molar-refractivity contribution in [2.24, 2.45) is 10.9 Å². The van der Waals surface area contributed by atoms with Crippen molar-refractivity contribution in [3.05, 3.63) is 70.1 Å². The minimum atomic E-state index is 0.00473. The largest absolute Gasteiger partial charge is 0.396 e. The van der Waals surface area contributed by atoms with Gasteiger partial charge in [0.15, 0.2) is 5.96 Å². The van der Waals surface area contributed by atoms with Gasteiger partial charge in [0.05, 0.1) is 13.1 Å². The molecule has 2 aromatic rings. The fourth-order valence-corrected chi connectivity index (χ4v) is 3.23. The van der Waals surface area contributed by atoms with Gasteiger partial charge in [0.1, 0.15) is 0 Å². The fourth-order valence-electron chi connectivity index (χ4n) is 3.23. The van der Waals surface area contributed by atoms with Crippen molar-refractivity contribution in [3.8, 4) is 0 Å². The van der Waals surface area contributed by atoms with E-state index in [9.17, 15) is 9.90 Å². The minimum absolute atomic E-state index is 0.00473. The van der Waals surface area contributed by atoms with E-state index in [1.807, 2.05) is 18.2 Å². The van der Waals surface area contributed by atoms with Gasteiger partial charge < -0.3 is 20.3 Å². The SMILES string of the molecule is CCCC(CCO)CNC(=NCc1ccc(Cn2ccccc2=O)cc1)NCC. The number of hydrogen-bond donors (Lipinski definition) is 3. The molecule has 0 aliphatic carbocycles. The Balaban J connectivity index is 1.94. The van der Waals surface area contributed by atoms with E-state index in [-0.39, 0.29) is 12.2 Å². The summed E-state index contributed by atoms with van der Waals surface area (Å²) in [6.45, 7) is 7.20. The van der Waals surface area contributed by atoms with Crippen molar-refractivity contribution < 1.29 is 5.11 Å². The number of benzene rings is 1. The third-order valence-electron chi connectivity index (χ3n) is 4.83. The van der Waals surface area contributed by atoms with E-state index >= 15 is 0 Å². The van der Waals surface area contributed by atoms with Gasteiger partial charge in [-0.15, -0.1) is 0 Å². The Morgan fingerprint density at radius 3 is 2.48 bits per heavy atom. The quantitative estimate of drug-likeness (QED) is 0.402. The van der Waals surface area contributed by atoms with E-state index in [0.717, 1.165) is 49.4 Å². The molecule has 1 heterocycles. The molecule has 6 nitrogen and oxygen atoms in total. The van der Waals surface area contributed by atoms with Crippen molar-refractivity contribution in [3.63, 3.8) is 0 Å². The average Bonchev–Trinajstić information content (AvgIpc) is 2.73. The Bertz CT molecular complexity index is 793. The Labute approximate surface area is 173 Å². The van der Waals surface area contributed by atoms with Crippen LogP contribution in [0.15, 0.2) is 58.4 Å². The number of pyridine rings is 1. The lowest BCUT2D eigenvalue weighted by molar-refractivity contribution is 0.251. The highest BCUT2D eigenvalue weighted by Crippen LogP contribution is 2.10. The molecule has 158 valence electrons. The van der Waals surface area contributed by atoms with Crippen LogP contribution in [0.25, 0.3) is 0 Å². The molecule has 0 radical (unpaired) electrons. The maximum absolute atomic E-state index is 11.8. The molecule has 3 N–H and O–H groups in total. The van der Waals surface area contributed by atoms with E-state index in [2.05, 4.69) is 41.6 Å². The van der Waals surface area contributed by atoms with Crippen molar-refractivity contribution in [1.29, 1.82) is 0 Å². The topological polar surface area (TPSA) is 78.7 Å². The Kier molecular flexibility index (Phi) is 10.00. The second-order valence-corrected chi connectivity index (χ2v) is 7.23. The van der Waals surface area contributed by atoms with Gasteiger partial charge in [-0.05, 0) is 42.9 Å². The predicted octanol–water partition coefficient (Wildman–Crippen LogP) is 2.75. The molecule has 0 spiro atoms. The number of aliphatic hydroxyl groups is 1. The summed E-state index contributed by atoms with van der Waals surface area (Å²) in [7, 11) is 0. The molecular weight excluding hydrogens is 364 g/mol. The Morgan fingerprint density at radius 2 is 1.83 bits per heavy atom. The first kappa shape index (κ1) is 22.7. The number of hydrogen-bond acceptors (Lipinski definition) is 3. The van der Waals surface area contributed by atoms with Crippen LogP contribution < -0.4 is 16.2 Å². The van der Waals surface area contributed by atoms with Crippen molar-refractivity contribution >= 4 is 5.96 Å². The van der Waals surface area contributed by atoms with E-state index in [1.54, 1.807) is 22.9 Å². The van der Waals surface area contributed by atoms with Gasteiger partial charge in [-0.1, -0.05) is 43.7 Å². The highest BCUT2D eigenvalue weighted by atomic mass is 16.3. The summed E-state index contributed by atoms with van der Waals surface area (Å²) in [4.78, 5) is 16.5. The second kappa shape index (κ2) is 12.8. The normalized spacial score (nSPS) is 12.6. The van der Waals surface area contributed by atoms with Crippen LogP contribution in [-0.4, -0.2) is 35.3 Å². The molecule has 1 unspecified atom stereocenters. The van der Waals surface area contributed by atoms with Gasteiger partial charge in [0, 0.05) is 32.0 Å². The van der Waals surface area contributed by atoms with Gasteiger partial charge in [0.25, 0.3) is 5.56 Å². The second-order valence-electron chi connectivity index (χ2n) is 7.23. The van der Waals surface area contributed by atoms with Crippen LogP contribution in [0.5, 0.6) is 0 Å². The minimum Gasteiger partial charge on any atom is -0.396 e. The molecular formula is C23H34N4O2. The first-order chi connectivity index (χ1) is 14.2. The highest BCUT2D eigenvalue weighted by Gasteiger charge is 2.08. The van der Waals surface area contributed by atoms with E-state index in [1.165, 1.54) is 0 Å². The first-order valence-corrected chi connectivity index (χ1v) is 10.5. The molecule has 0 aliphatic rings. The molecule has 0 amide bonds. The van der Waals surface area contributed by atoms with Crippen molar-refractivity contribution in [2.75, 3.05) is 19.7 Å². The fraction of sp³-hybridized carbons (Fsp3) is 0.478. The zero-order chi connectivity index (χ0) is 20.9. The van der Waals surface area contributed by atoms with Crippen LogP contribution in [0.4, 0.5) is 0 Å². The zero-order valence-electron chi connectivity index (χ0n) is 17.6. The molecule has 0 saturated heterocycles. The maximum atomic E-state index is 11.8. The smallest absolute Gasteiger partial charge is 0.250 e. The molecule has 0 saturated carbocycles. The van der Waals surface area contributed by atoms with Crippen LogP contribution in [-0.2, 0) is 13.1 Å². The zero-order valence-corrected chi connectivity index (χ0v) is 17.6. The number of aliphatic imine (C=N–C) groups is 1. The summed E-state index contributed by atoms with van der Waals surface area (Å²) in [6.07, 6.45) is 4.82. The predicted molar refractivity (Wildman–Crippen MR) is 119 cm³/mol. The van der Waals surface area contributed by atoms with Crippen LogP contribution >= 0.6 is 0 Å². The third kappa shape index (κ3) is 8.11. The monoisotopic (exact) mass is 398 g/mol. The van der Waals surface area contributed by atoms with Gasteiger partial charge >= 0.3 is 0 Å². The summed E-state index contributed by atoms with van der Waals surface area (Å²) in [6, 6.07) is 13.4. The number of aliphatic hydroxyl groups excluding tert-OH is 1. The maximum Gasteiger partial charge on any atom is 0.250 e. The summed E-state index contributed by atoms with van der Waals surface area (Å²) in [5.41, 5.74) is 2.21. The number of nitrogens with zero attached hydrogens (tertiary/aromatic N) is 2. The molecule has 0 fully saturated rings. The molecule has 1 atom stereocenters. The third-order valence-corrected chi connectivity index (χ3v) is 4.83. The van der Waals surface area contributed by atoms with Crippen molar-refractivity contribution in [2.45, 2.75) is 46.2 Å². The molecule has 29 heavy (non-hydrogen) atoms. The molecule has 6 heteroatoms. The lowest BCUT2D eigenvalue weighted by atomic mass is 10.0. The Hall–Kier alpha value is -2.60. The molecule has 1 aromatic carbocycles. The van der Waals surface area contributed by atoms with E-state index in [0.29, 0.717) is 19.0 Å². The molecule has 0 bridgehead atoms. The lowest BCUT2D eigenvalue weighted by Gasteiger charge is -2.18. The van der Waals surface area contributed by atoms with Gasteiger partial charge in [0.2, 0.25) is 0 Å². The first-order valence-electron chi connectivity index (χ1n) is 10.5. The van der Waals surface area contributed by atoms with Crippen LogP contribution in [0.1, 0.15) is 44.2 Å². The molecule has 0 aliphatic heterocycles. The number of aromatic nitrogens is 1.